The van der Waals surface area contributed by atoms with E-state index in [-0.39, 0.29) is 0 Å². The van der Waals surface area contributed by atoms with Crippen LogP contribution < -0.4 is 5.32 Å². The summed E-state index contributed by atoms with van der Waals surface area (Å²) in [6, 6.07) is 4.57. The van der Waals surface area contributed by atoms with Gasteiger partial charge < -0.3 is 5.32 Å². The van der Waals surface area contributed by atoms with Gasteiger partial charge in [-0.3, -0.25) is 0 Å². The zero-order valence-electron chi connectivity index (χ0n) is 9.01. The maximum Gasteiger partial charge on any atom is 0.0931 e. The molecular weight excluding hydrogens is 214 g/mol. The molecule has 0 spiro atoms. The van der Waals surface area contributed by atoms with Crippen LogP contribution in [0, 0.1) is 5.92 Å². The minimum absolute atomic E-state index is 0.461. The Morgan fingerprint density at radius 3 is 2.57 bits per heavy atom. The Morgan fingerprint density at radius 2 is 2.14 bits per heavy atom. The first kappa shape index (κ1) is 12.0. The highest BCUT2D eigenvalue weighted by Gasteiger charge is 2.18. The zero-order chi connectivity index (χ0) is 10.6. The van der Waals surface area contributed by atoms with Crippen LogP contribution in [0.2, 0.25) is 4.34 Å². The summed E-state index contributed by atoms with van der Waals surface area (Å²) in [6.07, 6.45) is 1.19. The first-order chi connectivity index (χ1) is 6.69. The van der Waals surface area contributed by atoms with Crippen LogP contribution in [0.15, 0.2) is 12.1 Å². The predicted octanol–water partition coefficient (Wildman–Crippen LogP) is 4.10. The summed E-state index contributed by atoms with van der Waals surface area (Å²) in [6.45, 7) is 7.65. The van der Waals surface area contributed by atoms with Crippen LogP contribution in [-0.2, 0) is 0 Å². The molecule has 0 radical (unpaired) electrons. The molecule has 2 unspecified atom stereocenters. The quantitative estimate of drug-likeness (QED) is 0.805. The molecule has 1 heterocycles. The van der Waals surface area contributed by atoms with Crippen LogP contribution in [0.5, 0.6) is 0 Å². The second-order valence-corrected chi connectivity index (χ2v) is 5.31. The Hall–Kier alpha value is -0.0500. The first-order valence-electron chi connectivity index (χ1n) is 5.17. The third-order valence-corrected chi connectivity index (χ3v) is 3.85. The fourth-order valence-corrected chi connectivity index (χ4v) is 2.80. The first-order valence-corrected chi connectivity index (χ1v) is 6.37. The lowest BCUT2D eigenvalue weighted by Gasteiger charge is -2.22. The topological polar surface area (TPSA) is 12.0 Å². The molecule has 1 N–H and O–H groups in total. The minimum Gasteiger partial charge on any atom is -0.309 e. The van der Waals surface area contributed by atoms with Crippen LogP contribution in [0.4, 0.5) is 0 Å². The molecule has 3 heteroatoms. The third kappa shape index (κ3) is 2.97. The van der Waals surface area contributed by atoms with E-state index >= 15 is 0 Å². The summed E-state index contributed by atoms with van der Waals surface area (Å²) in [4.78, 5) is 1.35. The lowest BCUT2D eigenvalue weighted by Crippen LogP contribution is -2.25. The standard InChI is InChI=1S/C11H18ClNS/c1-4-8(3)11(13-5-2)9-6-7-10(12)14-9/h6-8,11,13H,4-5H2,1-3H3. The molecule has 2 atom stereocenters. The molecule has 0 aliphatic rings. The monoisotopic (exact) mass is 231 g/mol. The Kier molecular flexibility index (Phi) is 4.93. The molecule has 0 aromatic carbocycles. The smallest absolute Gasteiger partial charge is 0.0931 e. The van der Waals surface area contributed by atoms with Gasteiger partial charge in [0, 0.05) is 10.9 Å². The van der Waals surface area contributed by atoms with E-state index in [1.807, 2.05) is 6.07 Å². The summed E-state index contributed by atoms with van der Waals surface area (Å²) >= 11 is 7.63. The molecule has 0 saturated heterocycles. The van der Waals surface area contributed by atoms with E-state index in [2.05, 4.69) is 32.2 Å². The van der Waals surface area contributed by atoms with Crippen molar-refractivity contribution in [3.8, 4) is 0 Å². The highest BCUT2D eigenvalue weighted by molar-refractivity contribution is 7.16. The molecule has 0 amide bonds. The number of rotatable bonds is 5. The van der Waals surface area contributed by atoms with Crippen molar-refractivity contribution in [2.24, 2.45) is 5.92 Å². The van der Waals surface area contributed by atoms with E-state index in [9.17, 15) is 0 Å². The molecule has 1 rings (SSSR count). The Morgan fingerprint density at radius 1 is 1.43 bits per heavy atom. The molecule has 0 saturated carbocycles. The molecule has 1 nitrogen and oxygen atoms in total. The van der Waals surface area contributed by atoms with Crippen LogP contribution in [0.25, 0.3) is 0 Å². The van der Waals surface area contributed by atoms with Crippen LogP contribution in [-0.4, -0.2) is 6.54 Å². The van der Waals surface area contributed by atoms with Crippen molar-refractivity contribution >= 4 is 22.9 Å². The van der Waals surface area contributed by atoms with Gasteiger partial charge in [0.05, 0.1) is 4.34 Å². The Bertz CT molecular complexity index is 272. The van der Waals surface area contributed by atoms with Gasteiger partial charge in [-0.05, 0) is 24.6 Å². The summed E-state index contributed by atoms with van der Waals surface area (Å²) in [5, 5.41) is 3.51. The lowest BCUT2D eigenvalue weighted by molar-refractivity contribution is 0.389. The van der Waals surface area contributed by atoms with Gasteiger partial charge in [0.2, 0.25) is 0 Å². The molecule has 14 heavy (non-hydrogen) atoms. The van der Waals surface area contributed by atoms with Gasteiger partial charge in [-0.1, -0.05) is 38.8 Å². The number of nitrogens with one attached hydrogen (secondary N) is 1. The summed E-state index contributed by atoms with van der Waals surface area (Å²) in [7, 11) is 0. The molecule has 1 aromatic heterocycles. The van der Waals surface area contributed by atoms with Gasteiger partial charge >= 0.3 is 0 Å². The van der Waals surface area contributed by atoms with Gasteiger partial charge in [-0.15, -0.1) is 11.3 Å². The number of hydrogen-bond acceptors (Lipinski definition) is 2. The Balaban J connectivity index is 2.76. The number of halogens is 1. The van der Waals surface area contributed by atoms with Gasteiger partial charge in [0.1, 0.15) is 0 Å². The molecule has 80 valence electrons. The highest BCUT2D eigenvalue weighted by atomic mass is 35.5. The van der Waals surface area contributed by atoms with E-state index < -0.39 is 0 Å². The normalized spacial score (nSPS) is 15.4. The number of hydrogen-bond donors (Lipinski definition) is 1. The third-order valence-electron chi connectivity index (χ3n) is 2.54. The van der Waals surface area contributed by atoms with Gasteiger partial charge in [-0.2, -0.15) is 0 Å². The minimum atomic E-state index is 0.461. The van der Waals surface area contributed by atoms with E-state index in [1.54, 1.807) is 11.3 Å². The van der Waals surface area contributed by atoms with Crippen molar-refractivity contribution in [3.05, 3.63) is 21.3 Å². The largest absolute Gasteiger partial charge is 0.309 e. The molecular formula is C11H18ClNS. The van der Waals surface area contributed by atoms with E-state index in [0.717, 1.165) is 10.9 Å². The van der Waals surface area contributed by atoms with Crippen molar-refractivity contribution in [1.82, 2.24) is 5.32 Å². The second kappa shape index (κ2) is 5.74. The van der Waals surface area contributed by atoms with Crippen LogP contribution in [0.3, 0.4) is 0 Å². The van der Waals surface area contributed by atoms with E-state index in [0.29, 0.717) is 12.0 Å². The Labute approximate surface area is 95.5 Å². The van der Waals surface area contributed by atoms with Crippen molar-refractivity contribution in [2.45, 2.75) is 33.2 Å². The van der Waals surface area contributed by atoms with Crippen molar-refractivity contribution < 1.29 is 0 Å². The molecule has 0 aliphatic heterocycles. The van der Waals surface area contributed by atoms with Gasteiger partial charge in [0.15, 0.2) is 0 Å². The average Bonchev–Trinajstić information content (AvgIpc) is 2.60. The van der Waals surface area contributed by atoms with Crippen molar-refractivity contribution in [1.29, 1.82) is 0 Å². The van der Waals surface area contributed by atoms with Gasteiger partial charge in [-0.25, -0.2) is 0 Å². The van der Waals surface area contributed by atoms with Gasteiger partial charge in [0.25, 0.3) is 0 Å². The molecule has 1 aromatic rings. The fraction of sp³-hybridized carbons (Fsp3) is 0.636. The summed E-state index contributed by atoms with van der Waals surface area (Å²) in [5.41, 5.74) is 0. The second-order valence-electron chi connectivity index (χ2n) is 3.56. The van der Waals surface area contributed by atoms with E-state index in [4.69, 9.17) is 11.6 Å². The maximum absolute atomic E-state index is 5.94. The lowest BCUT2D eigenvalue weighted by atomic mass is 9.98. The highest BCUT2D eigenvalue weighted by Crippen LogP contribution is 2.32. The molecule has 0 fully saturated rings. The number of thiophene rings is 1. The summed E-state index contributed by atoms with van der Waals surface area (Å²) < 4.78 is 0.881. The predicted molar refractivity (Wildman–Crippen MR) is 65.2 cm³/mol. The SMILES string of the molecule is CCNC(c1ccc(Cl)s1)C(C)CC. The van der Waals surface area contributed by atoms with Crippen molar-refractivity contribution in [2.75, 3.05) is 6.54 Å². The average molecular weight is 232 g/mol. The summed E-state index contributed by atoms with van der Waals surface area (Å²) in [5.74, 6) is 0.657. The molecule has 0 bridgehead atoms. The molecule has 0 aliphatic carbocycles. The maximum atomic E-state index is 5.94. The zero-order valence-corrected chi connectivity index (χ0v) is 10.6. The fourth-order valence-electron chi connectivity index (χ4n) is 1.53. The van der Waals surface area contributed by atoms with Crippen LogP contribution in [0.1, 0.15) is 38.1 Å². The van der Waals surface area contributed by atoms with Crippen LogP contribution >= 0.6 is 22.9 Å². The van der Waals surface area contributed by atoms with Crippen molar-refractivity contribution in [3.63, 3.8) is 0 Å². The van der Waals surface area contributed by atoms with E-state index in [1.165, 1.54) is 11.3 Å².